The summed E-state index contributed by atoms with van der Waals surface area (Å²) in [5.41, 5.74) is 0. The first-order chi connectivity index (χ1) is 7.86. The van der Waals surface area contributed by atoms with Crippen LogP contribution in [0.2, 0.25) is 0 Å². The van der Waals surface area contributed by atoms with Gasteiger partial charge in [0.05, 0.1) is 13.0 Å². The summed E-state index contributed by atoms with van der Waals surface area (Å²) in [7, 11) is 1.41. The standard InChI is InChI=1S/C10H19N3O4/c1-7(2)13(5-4-9(15)16)6-8(14)12-10(17)11-3/h7H,4-6H2,1-3H3,(H,15,16)(H2,11,12,14,17). The van der Waals surface area contributed by atoms with Gasteiger partial charge in [0, 0.05) is 19.6 Å². The van der Waals surface area contributed by atoms with E-state index in [1.54, 1.807) is 4.90 Å². The number of imide groups is 1. The van der Waals surface area contributed by atoms with E-state index in [1.807, 2.05) is 13.8 Å². The number of nitrogens with one attached hydrogen (secondary N) is 2. The molecule has 0 aromatic rings. The van der Waals surface area contributed by atoms with Crippen LogP contribution in [0.5, 0.6) is 0 Å². The number of carbonyl (C=O) groups excluding carboxylic acids is 2. The van der Waals surface area contributed by atoms with Crippen LogP contribution in [0, 0.1) is 0 Å². The quantitative estimate of drug-likeness (QED) is 0.593. The van der Waals surface area contributed by atoms with Crippen molar-refractivity contribution in [3.05, 3.63) is 0 Å². The van der Waals surface area contributed by atoms with Crippen LogP contribution in [0.3, 0.4) is 0 Å². The van der Waals surface area contributed by atoms with Crippen LogP contribution in [0.15, 0.2) is 0 Å². The maximum absolute atomic E-state index is 11.4. The Morgan fingerprint density at radius 1 is 1.29 bits per heavy atom. The van der Waals surface area contributed by atoms with Crippen molar-refractivity contribution in [2.45, 2.75) is 26.3 Å². The average Bonchev–Trinajstić information content (AvgIpc) is 2.23. The SMILES string of the molecule is CNC(=O)NC(=O)CN(CCC(=O)O)C(C)C. The number of hydrogen-bond acceptors (Lipinski definition) is 4. The maximum atomic E-state index is 11.4. The highest BCUT2D eigenvalue weighted by Gasteiger charge is 2.16. The Morgan fingerprint density at radius 2 is 1.88 bits per heavy atom. The number of amides is 3. The summed E-state index contributed by atoms with van der Waals surface area (Å²) in [6.07, 6.45) is -0.0363. The molecular weight excluding hydrogens is 226 g/mol. The number of rotatable bonds is 6. The lowest BCUT2D eigenvalue weighted by Gasteiger charge is -2.24. The van der Waals surface area contributed by atoms with Crippen molar-refractivity contribution in [1.29, 1.82) is 0 Å². The molecule has 0 aliphatic heterocycles. The Kier molecular flexibility index (Phi) is 6.88. The van der Waals surface area contributed by atoms with Crippen LogP contribution in [0.1, 0.15) is 20.3 Å². The molecule has 3 N–H and O–H groups in total. The third-order valence-electron chi connectivity index (χ3n) is 2.17. The van der Waals surface area contributed by atoms with Crippen molar-refractivity contribution in [3.63, 3.8) is 0 Å². The number of aliphatic carboxylic acids is 1. The van der Waals surface area contributed by atoms with Crippen molar-refractivity contribution in [2.24, 2.45) is 0 Å². The second kappa shape index (κ2) is 7.61. The molecule has 0 radical (unpaired) electrons. The van der Waals surface area contributed by atoms with Gasteiger partial charge in [-0.1, -0.05) is 0 Å². The molecule has 0 saturated carbocycles. The molecule has 0 aliphatic carbocycles. The maximum Gasteiger partial charge on any atom is 0.321 e. The van der Waals surface area contributed by atoms with Crippen molar-refractivity contribution < 1.29 is 19.5 Å². The Balaban J connectivity index is 4.20. The van der Waals surface area contributed by atoms with E-state index < -0.39 is 17.9 Å². The molecule has 0 atom stereocenters. The number of carboxylic acid groups (broad SMARTS) is 1. The predicted octanol–water partition coefficient (Wildman–Crippen LogP) is -0.373. The summed E-state index contributed by atoms with van der Waals surface area (Å²) in [6.45, 7) is 3.98. The minimum Gasteiger partial charge on any atom is -0.481 e. The fourth-order valence-corrected chi connectivity index (χ4v) is 1.17. The molecular formula is C10H19N3O4. The van der Waals surface area contributed by atoms with Gasteiger partial charge in [-0.25, -0.2) is 4.79 Å². The van der Waals surface area contributed by atoms with Crippen molar-refractivity contribution in [2.75, 3.05) is 20.1 Å². The third kappa shape index (κ3) is 7.29. The smallest absolute Gasteiger partial charge is 0.321 e. The molecule has 0 heterocycles. The van der Waals surface area contributed by atoms with Gasteiger partial charge >= 0.3 is 12.0 Å². The minimum absolute atomic E-state index is 0.00162. The molecule has 3 amide bonds. The van der Waals surface area contributed by atoms with Gasteiger partial charge in [0.1, 0.15) is 0 Å². The fourth-order valence-electron chi connectivity index (χ4n) is 1.17. The third-order valence-corrected chi connectivity index (χ3v) is 2.17. The van der Waals surface area contributed by atoms with Crippen molar-refractivity contribution in [1.82, 2.24) is 15.5 Å². The Labute approximate surface area is 100 Å². The van der Waals surface area contributed by atoms with Crippen molar-refractivity contribution >= 4 is 17.9 Å². The van der Waals surface area contributed by atoms with Crippen LogP contribution < -0.4 is 10.6 Å². The van der Waals surface area contributed by atoms with E-state index in [4.69, 9.17) is 5.11 Å². The van der Waals surface area contributed by atoms with E-state index >= 15 is 0 Å². The highest BCUT2D eigenvalue weighted by atomic mass is 16.4. The molecule has 0 rings (SSSR count). The van der Waals surface area contributed by atoms with E-state index in [1.165, 1.54) is 7.05 Å². The average molecular weight is 245 g/mol. The summed E-state index contributed by atoms with van der Waals surface area (Å²) in [4.78, 5) is 34.4. The summed E-state index contributed by atoms with van der Waals surface area (Å²) in [5.74, 6) is -1.37. The van der Waals surface area contributed by atoms with Gasteiger partial charge in [0.2, 0.25) is 5.91 Å². The number of hydrogen-bond donors (Lipinski definition) is 3. The highest BCUT2D eigenvalue weighted by Crippen LogP contribution is 1.99. The Bertz CT molecular complexity index is 291. The Morgan fingerprint density at radius 3 is 2.29 bits per heavy atom. The van der Waals surface area contributed by atoms with E-state index in [-0.39, 0.29) is 25.6 Å². The van der Waals surface area contributed by atoms with Gasteiger partial charge in [0.25, 0.3) is 0 Å². The van der Waals surface area contributed by atoms with Crippen LogP contribution in [0.4, 0.5) is 4.79 Å². The topological polar surface area (TPSA) is 98.7 Å². The lowest BCUT2D eigenvalue weighted by molar-refractivity contribution is -0.138. The Hall–Kier alpha value is -1.63. The molecule has 0 spiro atoms. The zero-order valence-corrected chi connectivity index (χ0v) is 10.3. The normalized spacial score (nSPS) is 10.4. The lowest BCUT2D eigenvalue weighted by Crippen LogP contribution is -2.45. The second-order valence-corrected chi connectivity index (χ2v) is 3.84. The lowest BCUT2D eigenvalue weighted by atomic mass is 10.3. The summed E-state index contributed by atoms with van der Waals surface area (Å²) in [6, 6.07) is -0.540. The van der Waals surface area contributed by atoms with Gasteiger partial charge in [-0.15, -0.1) is 0 Å². The van der Waals surface area contributed by atoms with Crippen LogP contribution in [-0.4, -0.2) is 54.1 Å². The molecule has 0 fully saturated rings. The number of carboxylic acids is 1. The molecule has 0 unspecified atom stereocenters. The first kappa shape index (κ1) is 15.4. The van der Waals surface area contributed by atoms with Gasteiger partial charge in [-0.2, -0.15) is 0 Å². The summed E-state index contributed by atoms with van der Waals surface area (Å²) < 4.78 is 0. The monoisotopic (exact) mass is 245 g/mol. The summed E-state index contributed by atoms with van der Waals surface area (Å²) in [5, 5.41) is 13.0. The molecule has 0 aliphatic rings. The molecule has 7 nitrogen and oxygen atoms in total. The number of urea groups is 1. The number of carbonyl (C=O) groups is 3. The first-order valence-electron chi connectivity index (χ1n) is 5.34. The second-order valence-electron chi connectivity index (χ2n) is 3.84. The van der Waals surface area contributed by atoms with Gasteiger partial charge < -0.3 is 10.4 Å². The van der Waals surface area contributed by atoms with E-state index in [2.05, 4.69) is 10.6 Å². The minimum atomic E-state index is -0.914. The molecule has 0 bridgehead atoms. The van der Waals surface area contributed by atoms with Crippen LogP contribution in [0.25, 0.3) is 0 Å². The first-order valence-corrected chi connectivity index (χ1v) is 5.34. The van der Waals surface area contributed by atoms with Gasteiger partial charge in [-0.3, -0.25) is 19.8 Å². The van der Waals surface area contributed by atoms with E-state index in [0.717, 1.165) is 0 Å². The van der Waals surface area contributed by atoms with Crippen LogP contribution in [-0.2, 0) is 9.59 Å². The van der Waals surface area contributed by atoms with E-state index in [0.29, 0.717) is 0 Å². The van der Waals surface area contributed by atoms with Gasteiger partial charge in [-0.05, 0) is 13.8 Å². The van der Waals surface area contributed by atoms with E-state index in [9.17, 15) is 14.4 Å². The molecule has 17 heavy (non-hydrogen) atoms. The molecule has 98 valence electrons. The van der Waals surface area contributed by atoms with Gasteiger partial charge in [0.15, 0.2) is 0 Å². The predicted molar refractivity (Wildman–Crippen MR) is 61.6 cm³/mol. The zero-order valence-electron chi connectivity index (χ0n) is 10.3. The van der Waals surface area contributed by atoms with Crippen LogP contribution >= 0.6 is 0 Å². The summed E-state index contributed by atoms with van der Waals surface area (Å²) >= 11 is 0. The zero-order chi connectivity index (χ0) is 13.4. The molecule has 0 aromatic heterocycles. The molecule has 0 saturated heterocycles. The molecule has 7 heteroatoms. The highest BCUT2D eigenvalue weighted by molar-refractivity contribution is 5.95. The molecule has 0 aromatic carbocycles. The fraction of sp³-hybridized carbons (Fsp3) is 0.700. The number of nitrogens with zero attached hydrogens (tertiary/aromatic N) is 1. The van der Waals surface area contributed by atoms with Crippen molar-refractivity contribution in [3.8, 4) is 0 Å². The largest absolute Gasteiger partial charge is 0.481 e.